The molecule has 0 aromatic rings. The summed E-state index contributed by atoms with van der Waals surface area (Å²) >= 11 is 0. The molecule has 0 atom stereocenters. The van der Waals surface area contributed by atoms with Crippen molar-refractivity contribution in [3.63, 3.8) is 0 Å². The van der Waals surface area contributed by atoms with E-state index in [1.54, 1.807) is 0 Å². The van der Waals surface area contributed by atoms with Crippen LogP contribution in [0.15, 0.2) is 0 Å². The maximum Gasteiger partial charge on any atom is 0.243 e. The highest BCUT2D eigenvalue weighted by Crippen LogP contribution is 2.16. The summed E-state index contributed by atoms with van der Waals surface area (Å²) in [7, 11) is 0. The highest BCUT2D eigenvalue weighted by atomic mass is 16.5. The molecule has 0 bridgehead atoms. The predicted octanol–water partition coefficient (Wildman–Crippen LogP) is 0.0205. The van der Waals surface area contributed by atoms with Gasteiger partial charge in [0.25, 0.3) is 0 Å². The van der Waals surface area contributed by atoms with Crippen LogP contribution in [0.25, 0.3) is 0 Å². The van der Waals surface area contributed by atoms with Gasteiger partial charge in [0.1, 0.15) is 6.61 Å². The van der Waals surface area contributed by atoms with E-state index in [1.807, 2.05) is 0 Å². The smallest absolute Gasteiger partial charge is 0.243 e. The Kier molecular flexibility index (Phi) is 4.78. The van der Waals surface area contributed by atoms with Gasteiger partial charge in [-0.15, -0.1) is 0 Å². The van der Waals surface area contributed by atoms with Gasteiger partial charge in [-0.1, -0.05) is 12.8 Å². The summed E-state index contributed by atoms with van der Waals surface area (Å²) in [4.78, 5) is 10.3. The lowest BCUT2D eigenvalue weighted by molar-refractivity contribution is -0.122. The summed E-state index contributed by atoms with van der Waals surface area (Å²) in [5.41, 5.74) is 4.91. The third kappa shape index (κ3) is 4.85. The number of carbonyl (C=O) groups is 1. The first kappa shape index (κ1) is 10.5. The van der Waals surface area contributed by atoms with E-state index in [-0.39, 0.29) is 6.61 Å². The Labute approximate surface area is 78.8 Å². The summed E-state index contributed by atoms with van der Waals surface area (Å²) in [5, 5.41) is 3.38. The minimum absolute atomic E-state index is 0.0341. The summed E-state index contributed by atoms with van der Waals surface area (Å²) in [5.74, 6) is -0.402. The first-order valence-corrected chi connectivity index (χ1v) is 4.88. The molecular formula is C9H18N2O2. The Morgan fingerprint density at radius 3 is 2.77 bits per heavy atom. The van der Waals surface area contributed by atoms with E-state index in [9.17, 15) is 4.79 Å². The summed E-state index contributed by atoms with van der Waals surface area (Å²) in [6.07, 6.45) is 5.21. The van der Waals surface area contributed by atoms with Crippen molar-refractivity contribution >= 4 is 5.91 Å². The van der Waals surface area contributed by atoms with Gasteiger partial charge in [0.2, 0.25) is 5.91 Å². The van der Waals surface area contributed by atoms with E-state index < -0.39 is 5.91 Å². The second-order valence-electron chi connectivity index (χ2n) is 3.45. The Bertz CT molecular complexity index is 156. The summed E-state index contributed by atoms with van der Waals surface area (Å²) in [6.45, 7) is 1.42. The molecule has 0 aromatic heterocycles. The van der Waals surface area contributed by atoms with Crippen LogP contribution in [0.1, 0.15) is 25.7 Å². The van der Waals surface area contributed by atoms with Crippen molar-refractivity contribution in [2.45, 2.75) is 31.7 Å². The van der Waals surface area contributed by atoms with Crippen LogP contribution in [0, 0.1) is 0 Å². The van der Waals surface area contributed by atoms with Crippen LogP contribution in [-0.2, 0) is 9.53 Å². The maximum absolute atomic E-state index is 10.3. The van der Waals surface area contributed by atoms with E-state index >= 15 is 0 Å². The van der Waals surface area contributed by atoms with Gasteiger partial charge in [0.15, 0.2) is 0 Å². The SMILES string of the molecule is NC(=O)COCCNC1CCCC1. The van der Waals surface area contributed by atoms with Gasteiger partial charge in [-0.05, 0) is 12.8 Å². The lowest BCUT2D eigenvalue weighted by Crippen LogP contribution is -2.30. The minimum Gasteiger partial charge on any atom is -0.370 e. The zero-order chi connectivity index (χ0) is 9.52. The predicted molar refractivity (Wildman–Crippen MR) is 50.3 cm³/mol. The van der Waals surface area contributed by atoms with Crippen molar-refractivity contribution in [2.75, 3.05) is 19.8 Å². The van der Waals surface area contributed by atoms with Crippen LogP contribution in [0.3, 0.4) is 0 Å². The third-order valence-corrected chi connectivity index (χ3v) is 2.28. The standard InChI is InChI=1S/C9H18N2O2/c10-9(12)7-13-6-5-11-8-3-1-2-4-8/h8,11H,1-7H2,(H2,10,12). The second kappa shape index (κ2) is 5.94. The molecule has 0 heterocycles. The number of carbonyl (C=O) groups excluding carboxylic acids is 1. The van der Waals surface area contributed by atoms with Gasteiger partial charge in [0, 0.05) is 12.6 Å². The highest BCUT2D eigenvalue weighted by Gasteiger charge is 2.13. The van der Waals surface area contributed by atoms with Crippen LogP contribution in [0.2, 0.25) is 0 Å². The Balaban J connectivity index is 1.86. The number of rotatable bonds is 6. The molecule has 1 aliphatic rings. The molecule has 76 valence electrons. The van der Waals surface area contributed by atoms with Crippen LogP contribution in [0.4, 0.5) is 0 Å². The van der Waals surface area contributed by atoms with Gasteiger partial charge in [-0.3, -0.25) is 4.79 Å². The number of hydrogen-bond donors (Lipinski definition) is 2. The largest absolute Gasteiger partial charge is 0.370 e. The average molecular weight is 186 g/mol. The van der Waals surface area contributed by atoms with E-state index in [2.05, 4.69) is 5.32 Å². The normalized spacial score (nSPS) is 17.8. The van der Waals surface area contributed by atoms with Gasteiger partial charge in [0.05, 0.1) is 6.61 Å². The molecule has 0 unspecified atom stereocenters. The number of ether oxygens (including phenoxy) is 1. The molecule has 0 radical (unpaired) electrons. The van der Waals surface area contributed by atoms with Gasteiger partial charge in [-0.2, -0.15) is 0 Å². The van der Waals surface area contributed by atoms with Crippen molar-refractivity contribution in [3.8, 4) is 0 Å². The number of nitrogens with two attached hydrogens (primary N) is 1. The fraction of sp³-hybridized carbons (Fsp3) is 0.889. The molecule has 1 fully saturated rings. The number of hydrogen-bond acceptors (Lipinski definition) is 3. The van der Waals surface area contributed by atoms with Crippen LogP contribution in [-0.4, -0.2) is 31.7 Å². The molecule has 1 saturated carbocycles. The lowest BCUT2D eigenvalue weighted by Gasteiger charge is -2.10. The molecular weight excluding hydrogens is 168 g/mol. The first-order valence-electron chi connectivity index (χ1n) is 4.88. The number of primary amides is 1. The zero-order valence-electron chi connectivity index (χ0n) is 7.92. The monoisotopic (exact) mass is 186 g/mol. The van der Waals surface area contributed by atoms with Crippen LogP contribution >= 0.6 is 0 Å². The van der Waals surface area contributed by atoms with Gasteiger partial charge < -0.3 is 15.8 Å². The van der Waals surface area contributed by atoms with Gasteiger partial charge >= 0.3 is 0 Å². The molecule has 1 rings (SSSR count). The zero-order valence-corrected chi connectivity index (χ0v) is 7.92. The first-order chi connectivity index (χ1) is 6.29. The molecule has 1 aliphatic carbocycles. The molecule has 4 heteroatoms. The van der Waals surface area contributed by atoms with Crippen molar-refractivity contribution < 1.29 is 9.53 Å². The van der Waals surface area contributed by atoms with E-state index in [0.717, 1.165) is 6.54 Å². The Hall–Kier alpha value is -0.610. The molecule has 0 spiro atoms. The molecule has 0 aromatic carbocycles. The fourth-order valence-electron chi connectivity index (χ4n) is 1.64. The van der Waals surface area contributed by atoms with E-state index in [1.165, 1.54) is 25.7 Å². The molecule has 13 heavy (non-hydrogen) atoms. The van der Waals surface area contributed by atoms with Crippen molar-refractivity contribution in [2.24, 2.45) is 5.73 Å². The topological polar surface area (TPSA) is 64.4 Å². The average Bonchev–Trinajstić information content (AvgIpc) is 2.55. The van der Waals surface area contributed by atoms with Crippen molar-refractivity contribution in [3.05, 3.63) is 0 Å². The fourth-order valence-corrected chi connectivity index (χ4v) is 1.64. The quantitative estimate of drug-likeness (QED) is 0.575. The third-order valence-electron chi connectivity index (χ3n) is 2.28. The van der Waals surface area contributed by atoms with Crippen molar-refractivity contribution in [1.29, 1.82) is 0 Å². The highest BCUT2D eigenvalue weighted by molar-refractivity contribution is 5.74. The Morgan fingerprint density at radius 2 is 2.15 bits per heavy atom. The minimum atomic E-state index is -0.402. The molecule has 0 saturated heterocycles. The van der Waals surface area contributed by atoms with Crippen LogP contribution < -0.4 is 11.1 Å². The second-order valence-corrected chi connectivity index (χ2v) is 3.45. The number of amides is 1. The molecule has 0 aliphatic heterocycles. The Morgan fingerprint density at radius 1 is 1.46 bits per heavy atom. The summed E-state index contributed by atoms with van der Waals surface area (Å²) < 4.78 is 5.02. The van der Waals surface area contributed by atoms with E-state index in [0.29, 0.717) is 12.6 Å². The lowest BCUT2D eigenvalue weighted by atomic mass is 10.2. The maximum atomic E-state index is 10.3. The molecule has 4 nitrogen and oxygen atoms in total. The summed E-state index contributed by atoms with van der Waals surface area (Å²) in [6, 6.07) is 0.664. The van der Waals surface area contributed by atoms with Gasteiger partial charge in [-0.25, -0.2) is 0 Å². The van der Waals surface area contributed by atoms with Crippen molar-refractivity contribution in [1.82, 2.24) is 5.32 Å². The van der Waals surface area contributed by atoms with Crippen LogP contribution in [0.5, 0.6) is 0 Å². The number of nitrogens with one attached hydrogen (secondary N) is 1. The molecule has 3 N–H and O–H groups in total. The van der Waals surface area contributed by atoms with E-state index in [4.69, 9.17) is 10.5 Å². The molecule has 1 amide bonds.